The van der Waals surface area contributed by atoms with Gasteiger partial charge in [-0.25, -0.2) is 4.24 Å². The molecule has 2 heterocycles. The van der Waals surface area contributed by atoms with Crippen LogP contribution in [0.2, 0.25) is 0 Å². The van der Waals surface area contributed by atoms with Crippen LogP contribution >= 0.6 is 0 Å². The standard InChI is InChI=1S/C9H11N2/c1-2-8-3-4-9-10-5-6-11(9)7-8/h3-4,6-7H,2,5H2,1H3/q+1. The van der Waals surface area contributed by atoms with Gasteiger partial charge in [-0.3, -0.25) is 0 Å². The van der Waals surface area contributed by atoms with Gasteiger partial charge in [0.1, 0.15) is 6.21 Å². The summed E-state index contributed by atoms with van der Waals surface area (Å²) in [5, 5.41) is 0. The maximum atomic E-state index is 4.28. The molecule has 2 heteroatoms. The van der Waals surface area contributed by atoms with E-state index >= 15 is 0 Å². The fraction of sp³-hybridized carbons (Fsp3) is 0.333. The summed E-state index contributed by atoms with van der Waals surface area (Å²) in [4.78, 5) is 4.28. The number of hydrogen-bond acceptors (Lipinski definition) is 1. The van der Waals surface area contributed by atoms with Gasteiger partial charge in [-0.05, 0) is 18.1 Å². The maximum absolute atomic E-state index is 4.28. The van der Waals surface area contributed by atoms with Gasteiger partial charge in [0, 0.05) is 6.07 Å². The Morgan fingerprint density at radius 2 is 2.45 bits per heavy atom. The molecule has 0 bridgehead atoms. The van der Waals surface area contributed by atoms with E-state index in [0.717, 1.165) is 18.5 Å². The largest absolute Gasteiger partial charge is 0.322 e. The molecule has 0 aliphatic carbocycles. The molecule has 11 heavy (non-hydrogen) atoms. The van der Waals surface area contributed by atoms with Crippen LogP contribution in [0, 0.1) is 6.21 Å². The Morgan fingerprint density at radius 3 is 3.27 bits per heavy atom. The van der Waals surface area contributed by atoms with Crippen molar-refractivity contribution in [2.24, 2.45) is 4.99 Å². The molecule has 56 valence electrons. The Morgan fingerprint density at radius 1 is 1.55 bits per heavy atom. The summed E-state index contributed by atoms with van der Waals surface area (Å²) in [6.45, 7) is 2.99. The lowest BCUT2D eigenvalue weighted by molar-refractivity contribution is -0.522. The van der Waals surface area contributed by atoms with Gasteiger partial charge in [-0.1, -0.05) is 11.9 Å². The summed E-state index contributed by atoms with van der Waals surface area (Å²) >= 11 is 0. The van der Waals surface area contributed by atoms with Gasteiger partial charge >= 0.3 is 5.49 Å². The van der Waals surface area contributed by atoms with Crippen molar-refractivity contribution in [3.8, 4) is 0 Å². The lowest BCUT2D eigenvalue weighted by Gasteiger charge is -1.88. The molecule has 0 unspecified atom stereocenters. The minimum atomic E-state index is 0.827. The number of fused-ring (bicyclic) bond motifs is 1. The fourth-order valence-electron chi connectivity index (χ4n) is 1.27. The highest BCUT2D eigenvalue weighted by atomic mass is 15.0. The van der Waals surface area contributed by atoms with E-state index < -0.39 is 0 Å². The van der Waals surface area contributed by atoms with Crippen LogP contribution in [0.5, 0.6) is 0 Å². The molecule has 0 radical (unpaired) electrons. The van der Waals surface area contributed by atoms with Crippen molar-refractivity contribution in [2.75, 3.05) is 6.54 Å². The third-order valence-electron chi connectivity index (χ3n) is 1.96. The van der Waals surface area contributed by atoms with Crippen LogP contribution in [0.3, 0.4) is 0 Å². The first-order chi connectivity index (χ1) is 5.40. The summed E-state index contributed by atoms with van der Waals surface area (Å²) in [6, 6.07) is 4.21. The summed E-state index contributed by atoms with van der Waals surface area (Å²) in [7, 11) is 0. The number of pyridine rings is 1. The average molecular weight is 147 g/mol. The Hall–Kier alpha value is -1.18. The molecule has 2 nitrogen and oxygen atoms in total. The zero-order valence-corrected chi connectivity index (χ0v) is 6.62. The van der Waals surface area contributed by atoms with Crippen LogP contribution in [0.1, 0.15) is 12.5 Å². The van der Waals surface area contributed by atoms with Crippen molar-refractivity contribution in [3.63, 3.8) is 0 Å². The van der Waals surface area contributed by atoms with Gasteiger partial charge in [-0.15, -0.1) is 0 Å². The molecule has 0 amide bonds. The summed E-state index contributed by atoms with van der Waals surface area (Å²) in [6.07, 6.45) is 5.33. The van der Waals surface area contributed by atoms with E-state index in [4.69, 9.17) is 0 Å². The zero-order valence-electron chi connectivity index (χ0n) is 6.62. The Labute approximate surface area is 65.6 Å². The molecule has 0 saturated heterocycles. The molecular weight excluding hydrogens is 136 g/mol. The molecule has 2 rings (SSSR count). The number of aromatic nitrogens is 1. The van der Waals surface area contributed by atoms with Crippen molar-refractivity contribution in [3.05, 3.63) is 35.6 Å². The molecule has 0 saturated carbocycles. The minimum Gasteiger partial charge on any atom is -0.203 e. The highest BCUT2D eigenvalue weighted by Crippen LogP contribution is 1.91. The Balaban J connectivity index is 2.69. The van der Waals surface area contributed by atoms with Crippen LogP contribution in [0.15, 0.2) is 23.3 Å². The number of nitrogens with zero attached hydrogens (tertiary/aromatic N) is 2. The van der Waals surface area contributed by atoms with E-state index in [1.807, 2.05) is 0 Å². The van der Waals surface area contributed by atoms with Crippen LogP contribution in [0.4, 0.5) is 0 Å². The molecular formula is C9H11N2+. The quantitative estimate of drug-likeness (QED) is 0.504. The molecule has 1 aliphatic rings. The van der Waals surface area contributed by atoms with Crippen molar-refractivity contribution in [2.45, 2.75) is 13.3 Å². The van der Waals surface area contributed by atoms with Crippen molar-refractivity contribution >= 4 is 0 Å². The smallest absolute Gasteiger partial charge is 0.203 e. The molecule has 0 fully saturated rings. The fourth-order valence-corrected chi connectivity index (χ4v) is 1.27. The van der Waals surface area contributed by atoms with Gasteiger partial charge in [0.2, 0.25) is 0 Å². The number of aryl methyl sites for hydroxylation is 1. The lowest BCUT2D eigenvalue weighted by Crippen LogP contribution is -2.34. The summed E-state index contributed by atoms with van der Waals surface area (Å²) in [5.41, 5.74) is 2.43. The first kappa shape index (κ1) is 6.53. The molecule has 1 aromatic heterocycles. The van der Waals surface area contributed by atoms with E-state index in [-0.39, 0.29) is 0 Å². The summed E-state index contributed by atoms with van der Waals surface area (Å²) < 4.78 is 2.10. The Bertz CT molecular complexity index is 379. The third kappa shape index (κ3) is 1.04. The van der Waals surface area contributed by atoms with Crippen LogP contribution in [-0.2, 0) is 6.42 Å². The molecule has 0 spiro atoms. The predicted octanol–water partition coefficient (Wildman–Crippen LogP) is 0.180. The number of rotatable bonds is 1. The minimum absolute atomic E-state index is 0.827. The second-order valence-corrected chi connectivity index (χ2v) is 2.68. The molecule has 0 N–H and O–H groups in total. The van der Waals surface area contributed by atoms with Crippen molar-refractivity contribution in [1.29, 1.82) is 0 Å². The normalized spacial score (nSPS) is 13.5. The molecule has 1 aliphatic heterocycles. The van der Waals surface area contributed by atoms with Crippen LogP contribution in [-0.4, -0.2) is 6.54 Å². The average Bonchev–Trinajstić information content (AvgIpc) is 2.50. The third-order valence-corrected chi connectivity index (χ3v) is 1.96. The SMILES string of the molecule is CCc1ccc2[n+](c1)=CCN=2. The van der Waals surface area contributed by atoms with Crippen molar-refractivity contribution in [1.82, 2.24) is 0 Å². The second kappa shape index (κ2) is 2.46. The van der Waals surface area contributed by atoms with E-state index in [0.29, 0.717) is 0 Å². The molecule has 1 aromatic rings. The van der Waals surface area contributed by atoms with Gasteiger partial charge in [0.05, 0.1) is 6.20 Å². The lowest BCUT2D eigenvalue weighted by atomic mass is 10.2. The van der Waals surface area contributed by atoms with E-state index in [2.05, 4.69) is 40.7 Å². The topological polar surface area (TPSA) is 18.3 Å². The molecule has 0 aromatic carbocycles. The second-order valence-electron chi connectivity index (χ2n) is 2.68. The highest BCUT2D eigenvalue weighted by molar-refractivity contribution is 5.04. The number of hydrogen-bond donors (Lipinski definition) is 0. The van der Waals surface area contributed by atoms with Crippen LogP contribution < -0.4 is 9.73 Å². The zero-order chi connectivity index (χ0) is 7.68. The first-order valence-corrected chi connectivity index (χ1v) is 3.95. The van der Waals surface area contributed by atoms with Gasteiger partial charge in [0.25, 0.3) is 0 Å². The predicted molar refractivity (Wildman–Crippen MR) is 41.7 cm³/mol. The van der Waals surface area contributed by atoms with Gasteiger partial charge in [0.15, 0.2) is 6.54 Å². The van der Waals surface area contributed by atoms with E-state index in [1.165, 1.54) is 5.56 Å². The molecule has 0 atom stereocenters. The Kier molecular flexibility index (Phi) is 1.46. The van der Waals surface area contributed by atoms with Gasteiger partial charge < -0.3 is 0 Å². The van der Waals surface area contributed by atoms with Crippen LogP contribution in [0.25, 0.3) is 0 Å². The van der Waals surface area contributed by atoms with Crippen molar-refractivity contribution < 1.29 is 4.24 Å². The van der Waals surface area contributed by atoms with Gasteiger partial charge in [-0.2, -0.15) is 0 Å². The highest BCUT2D eigenvalue weighted by Gasteiger charge is 2.02. The van der Waals surface area contributed by atoms with E-state index in [9.17, 15) is 0 Å². The maximum Gasteiger partial charge on any atom is 0.322 e. The van der Waals surface area contributed by atoms with E-state index in [1.54, 1.807) is 0 Å². The summed E-state index contributed by atoms with van der Waals surface area (Å²) in [5.74, 6) is 0. The monoisotopic (exact) mass is 147 g/mol. The first-order valence-electron chi connectivity index (χ1n) is 3.95.